The normalized spacial score (nSPS) is 19.6. The monoisotopic (exact) mass is 222 g/mol. The van der Waals surface area contributed by atoms with Gasteiger partial charge in [0.05, 0.1) is 6.21 Å². The molecule has 1 aromatic rings. The smallest absolute Gasteiger partial charge is 0.131 e. The molecule has 4 nitrogen and oxygen atoms in total. The Bertz CT molecular complexity index is 349. The van der Waals surface area contributed by atoms with Crippen LogP contribution >= 0.6 is 11.9 Å². The van der Waals surface area contributed by atoms with Gasteiger partial charge in [0, 0.05) is 19.3 Å². The molecule has 2 rings (SSSR count). The van der Waals surface area contributed by atoms with Crippen LogP contribution in [0.5, 0.6) is 0 Å². The molecule has 0 aromatic heterocycles. The predicted octanol–water partition coefficient (Wildman–Crippen LogP) is 1.46. The van der Waals surface area contributed by atoms with Gasteiger partial charge < -0.3 is 11.1 Å². The highest BCUT2D eigenvalue weighted by molar-refractivity contribution is 7.98. The van der Waals surface area contributed by atoms with Crippen molar-refractivity contribution in [2.45, 2.75) is 11.9 Å². The average Bonchev–Trinajstić information content (AvgIpc) is 2.65. The standard InChI is InChI=1S/C10H14N4S/c1-14-12-7-10(15-14)13-9-4-2-8(6-11)3-5-9/h2-5,7,10,13H,6,11H2,1H3. The molecule has 1 aliphatic heterocycles. The van der Waals surface area contributed by atoms with Crippen LogP contribution in [0.2, 0.25) is 0 Å². The lowest BCUT2D eigenvalue weighted by atomic mass is 10.2. The molecule has 0 aliphatic carbocycles. The first-order valence-electron chi connectivity index (χ1n) is 4.78. The molecule has 0 radical (unpaired) electrons. The molecule has 1 atom stereocenters. The van der Waals surface area contributed by atoms with Gasteiger partial charge in [-0.05, 0) is 29.6 Å². The van der Waals surface area contributed by atoms with Crippen molar-refractivity contribution in [3.63, 3.8) is 0 Å². The summed E-state index contributed by atoms with van der Waals surface area (Å²) < 4.78 is 1.84. The number of benzene rings is 1. The Morgan fingerprint density at radius 1 is 1.47 bits per heavy atom. The van der Waals surface area contributed by atoms with Crippen LogP contribution in [0.15, 0.2) is 29.4 Å². The van der Waals surface area contributed by atoms with Crippen molar-refractivity contribution in [1.29, 1.82) is 0 Å². The van der Waals surface area contributed by atoms with E-state index in [9.17, 15) is 0 Å². The van der Waals surface area contributed by atoms with E-state index in [0.29, 0.717) is 6.54 Å². The third-order valence-corrected chi connectivity index (χ3v) is 3.00. The van der Waals surface area contributed by atoms with Gasteiger partial charge in [0.25, 0.3) is 0 Å². The minimum atomic E-state index is 0.221. The first kappa shape index (κ1) is 10.3. The number of hydrogen-bond acceptors (Lipinski definition) is 5. The van der Waals surface area contributed by atoms with Crippen LogP contribution in [0.4, 0.5) is 5.69 Å². The average molecular weight is 222 g/mol. The van der Waals surface area contributed by atoms with Crippen molar-refractivity contribution in [3.8, 4) is 0 Å². The molecule has 0 saturated carbocycles. The predicted molar refractivity (Wildman–Crippen MR) is 65.6 cm³/mol. The molecular formula is C10H14N4S. The van der Waals surface area contributed by atoms with Crippen molar-refractivity contribution in [3.05, 3.63) is 29.8 Å². The summed E-state index contributed by atoms with van der Waals surface area (Å²) in [5.74, 6) is 0. The van der Waals surface area contributed by atoms with E-state index in [0.717, 1.165) is 11.3 Å². The Labute approximate surface area is 93.7 Å². The first-order valence-corrected chi connectivity index (χ1v) is 5.62. The fraction of sp³-hybridized carbons (Fsp3) is 0.300. The highest BCUT2D eigenvalue weighted by Crippen LogP contribution is 2.22. The second kappa shape index (κ2) is 4.55. The first-order chi connectivity index (χ1) is 7.28. The van der Waals surface area contributed by atoms with E-state index in [1.807, 2.05) is 41.9 Å². The maximum Gasteiger partial charge on any atom is 0.131 e. The molecule has 1 aliphatic rings. The minimum Gasteiger partial charge on any atom is -0.367 e. The Morgan fingerprint density at radius 2 is 2.20 bits per heavy atom. The van der Waals surface area contributed by atoms with Crippen LogP contribution in [-0.2, 0) is 6.54 Å². The lowest BCUT2D eigenvalue weighted by Crippen LogP contribution is -2.14. The fourth-order valence-corrected chi connectivity index (χ4v) is 2.07. The molecule has 0 amide bonds. The number of nitrogens with two attached hydrogens (primary N) is 1. The number of nitrogens with zero attached hydrogens (tertiary/aromatic N) is 2. The van der Waals surface area contributed by atoms with Gasteiger partial charge in [-0.25, -0.2) is 4.41 Å². The van der Waals surface area contributed by atoms with Gasteiger partial charge in [0.1, 0.15) is 5.37 Å². The molecule has 1 heterocycles. The molecule has 0 bridgehead atoms. The highest BCUT2D eigenvalue weighted by atomic mass is 32.2. The summed E-state index contributed by atoms with van der Waals surface area (Å²) in [5, 5.41) is 7.71. The van der Waals surface area contributed by atoms with E-state index < -0.39 is 0 Å². The van der Waals surface area contributed by atoms with Gasteiger partial charge in [0.15, 0.2) is 0 Å². The molecule has 0 saturated heterocycles. The third kappa shape index (κ3) is 2.64. The maximum atomic E-state index is 5.53. The number of hydrogen-bond donors (Lipinski definition) is 2. The lowest BCUT2D eigenvalue weighted by Gasteiger charge is -2.12. The van der Waals surface area contributed by atoms with E-state index in [1.54, 1.807) is 11.9 Å². The zero-order valence-electron chi connectivity index (χ0n) is 8.55. The highest BCUT2D eigenvalue weighted by Gasteiger charge is 2.14. The Morgan fingerprint density at radius 3 is 2.73 bits per heavy atom. The van der Waals surface area contributed by atoms with Crippen molar-refractivity contribution in [1.82, 2.24) is 4.41 Å². The topological polar surface area (TPSA) is 53.6 Å². The van der Waals surface area contributed by atoms with Gasteiger partial charge in [-0.2, -0.15) is 5.10 Å². The van der Waals surface area contributed by atoms with Crippen LogP contribution in [-0.4, -0.2) is 23.1 Å². The minimum absolute atomic E-state index is 0.221. The summed E-state index contributed by atoms with van der Waals surface area (Å²) in [7, 11) is 1.93. The summed E-state index contributed by atoms with van der Waals surface area (Å²) in [6, 6.07) is 8.13. The molecule has 0 spiro atoms. The van der Waals surface area contributed by atoms with Crippen LogP contribution < -0.4 is 11.1 Å². The number of hydrazone groups is 1. The van der Waals surface area contributed by atoms with Crippen LogP contribution in [0.3, 0.4) is 0 Å². The Kier molecular flexibility index (Phi) is 3.13. The second-order valence-electron chi connectivity index (χ2n) is 3.30. The molecule has 80 valence electrons. The van der Waals surface area contributed by atoms with Gasteiger partial charge in [-0.1, -0.05) is 12.1 Å². The number of anilines is 1. The quantitative estimate of drug-likeness (QED) is 0.760. The van der Waals surface area contributed by atoms with Crippen LogP contribution in [0.25, 0.3) is 0 Å². The molecule has 3 N–H and O–H groups in total. The maximum absolute atomic E-state index is 5.53. The molecule has 1 unspecified atom stereocenters. The van der Waals surface area contributed by atoms with E-state index >= 15 is 0 Å². The van der Waals surface area contributed by atoms with E-state index in [4.69, 9.17) is 5.73 Å². The molecule has 1 aromatic carbocycles. The summed E-state index contributed by atoms with van der Waals surface area (Å²) in [5.41, 5.74) is 7.76. The largest absolute Gasteiger partial charge is 0.367 e. The van der Waals surface area contributed by atoms with Gasteiger partial charge >= 0.3 is 0 Å². The third-order valence-electron chi connectivity index (χ3n) is 2.13. The van der Waals surface area contributed by atoms with E-state index in [1.165, 1.54) is 0 Å². The zero-order valence-corrected chi connectivity index (χ0v) is 9.37. The van der Waals surface area contributed by atoms with Crippen molar-refractivity contribution >= 4 is 23.8 Å². The van der Waals surface area contributed by atoms with Crippen LogP contribution in [0.1, 0.15) is 5.56 Å². The zero-order chi connectivity index (χ0) is 10.7. The van der Waals surface area contributed by atoms with Crippen molar-refractivity contribution < 1.29 is 0 Å². The van der Waals surface area contributed by atoms with Crippen LogP contribution in [0, 0.1) is 0 Å². The number of rotatable bonds is 3. The summed E-state index contributed by atoms with van der Waals surface area (Å²) in [6.07, 6.45) is 1.89. The summed E-state index contributed by atoms with van der Waals surface area (Å²) >= 11 is 1.65. The fourth-order valence-electron chi connectivity index (χ4n) is 1.34. The van der Waals surface area contributed by atoms with E-state index in [2.05, 4.69) is 10.4 Å². The Hall–Kier alpha value is -1.20. The molecule has 5 heteroatoms. The van der Waals surface area contributed by atoms with E-state index in [-0.39, 0.29) is 5.37 Å². The lowest BCUT2D eigenvalue weighted by molar-refractivity contribution is 0.630. The second-order valence-corrected chi connectivity index (χ2v) is 4.55. The summed E-state index contributed by atoms with van der Waals surface area (Å²) in [4.78, 5) is 0. The van der Waals surface area contributed by atoms with Crippen molar-refractivity contribution in [2.75, 3.05) is 12.4 Å². The van der Waals surface area contributed by atoms with Gasteiger partial charge in [0.2, 0.25) is 0 Å². The molecular weight excluding hydrogens is 208 g/mol. The number of nitrogens with one attached hydrogen (secondary N) is 1. The molecule has 15 heavy (non-hydrogen) atoms. The van der Waals surface area contributed by atoms with Gasteiger partial charge in [-0.15, -0.1) is 0 Å². The van der Waals surface area contributed by atoms with Crippen molar-refractivity contribution in [2.24, 2.45) is 10.8 Å². The Balaban J connectivity index is 1.96. The van der Waals surface area contributed by atoms with Gasteiger partial charge in [-0.3, -0.25) is 0 Å². The SMILES string of the molecule is CN1N=CC(Nc2ccc(CN)cc2)S1. The molecule has 0 fully saturated rings. The summed E-state index contributed by atoms with van der Waals surface area (Å²) in [6.45, 7) is 0.586.